The van der Waals surface area contributed by atoms with Crippen molar-refractivity contribution in [1.29, 1.82) is 0 Å². The molecule has 0 aromatic heterocycles. The van der Waals surface area contributed by atoms with Gasteiger partial charge in [-0.05, 0) is 37.6 Å². The molecular weight excluding hydrogens is 259 g/mol. The second-order valence-corrected chi connectivity index (χ2v) is 4.65. The van der Waals surface area contributed by atoms with Gasteiger partial charge in [-0.25, -0.2) is 0 Å². The number of hydrogen-bond acceptors (Lipinski definition) is 2. The number of amides is 1. The van der Waals surface area contributed by atoms with E-state index in [4.69, 9.17) is 23.2 Å². The summed E-state index contributed by atoms with van der Waals surface area (Å²) in [7, 11) is 0. The number of nitrogens with one attached hydrogen (secondary N) is 2. The van der Waals surface area contributed by atoms with Crippen LogP contribution in [-0.4, -0.2) is 18.5 Å². The van der Waals surface area contributed by atoms with Crippen LogP contribution in [0.4, 0.5) is 0 Å². The topological polar surface area (TPSA) is 41.1 Å². The number of likely N-dealkylation sites (N-methyl/N-ethyl adjacent to an activating group) is 1. The minimum atomic E-state index is -0.243. The number of hydrogen-bond donors (Lipinski definition) is 2. The Morgan fingerprint density at radius 1 is 1.29 bits per heavy atom. The van der Waals surface area contributed by atoms with E-state index in [9.17, 15) is 4.79 Å². The first-order chi connectivity index (χ1) is 8.02. The smallest absolute Gasteiger partial charge is 0.236 e. The van der Waals surface area contributed by atoms with Crippen LogP contribution in [0.25, 0.3) is 0 Å². The first-order valence-corrected chi connectivity index (χ1v) is 6.24. The fourth-order valence-corrected chi connectivity index (χ4v) is 1.98. The standard InChI is InChI=1S/C12H16Cl2N2O/c1-3-15-12(17)8(2)16-7-9-4-10(13)6-11(14)5-9/h4-6,8,16H,3,7H2,1-2H3,(H,15,17). The van der Waals surface area contributed by atoms with Gasteiger partial charge < -0.3 is 10.6 Å². The second-order valence-electron chi connectivity index (χ2n) is 3.77. The van der Waals surface area contributed by atoms with Crippen molar-refractivity contribution < 1.29 is 4.79 Å². The molecule has 0 saturated carbocycles. The molecule has 1 atom stereocenters. The Balaban J connectivity index is 2.52. The van der Waals surface area contributed by atoms with Gasteiger partial charge in [0.2, 0.25) is 5.91 Å². The van der Waals surface area contributed by atoms with Crippen LogP contribution in [0.15, 0.2) is 18.2 Å². The molecule has 0 spiro atoms. The molecule has 1 rings (SSSR count). The summed E-state index contributed by atoms with van der Waals surface area (Å²) in [6, 6.07) is 5.09. The summed E-state index contributed by atoms with van der Waals surface area (Å²) < 4.78 is 0. The average molecular weight is 275 g/mol. The van der Waals surface area contributed by atoms with Crippen LogP contribution in [0.2, 0.25) is 10.0 Å². The maximum absolute atomic E-state index is 11.5. The van der Waals surface area contributed by atoms with Gasteiger partial charge in [-0.15, -0.1) is 0 Å². The molecule has 0 heterocycles. The molecule has 5 heteroatoms. The van der Waals surface area contributed by atoms with Crippen molar-refractivity contribution in [1.82, 2.24) is 10.6 Å². The van der Waals surface area contributed by atoms with E-state index >= 15 is 0 Å². The molecule has 94 valence electrons. The van der Waals surface area contributed by atoms with Crippen LogP contribution < -0.4 is 10.6 Å². The molecule has 1 aromatic rings. The third-order valence-electron chi connectivity index (χ3n) is 2.28. The van der Waals surface area contributed by atoms with E-state index < -0.39 is 0 Å². The molecule has 17 heavy (non-hydrogen) atoms. The maximum Gasteiger partial charge on any atom is 0.236 e. The summed E-state index contributed by atoms with van der Waals surface area (Å²) in [5, 5.41) is 7.05. The Kier molecular flexibility index (Phi) is 5.75. The largest absolute Gasteiger partial charge is 0.355 e. The van der Waals surface area contributed by atoms with Crippen molar-refractivity contribution in [2.75, 3.05) is 6.54 Å². The number of benzene rings is 1. The van der Waals surface area contributed by atoms with Crippen LogP contribution >= 0.6 is 23.2 Å². The molecule has 1 unspecified atom stereocenters. The molecule has 3 nitrogen and oxygen atoms in total. The van der Waals surface area contributed by atoms with Crippen LogP contribution in [-0.2, 0) is 11.3 Å². The van der Waals surface area contributed by atoms with Gasteiger partial charge in [0.15, 0.2) is 0 Å². The predicted octanol–water partition coefficient (Wildman–Crippen LogP) is 2.61. The average Bonchev–Trinajstić information content (AvgIpc) is 2.25. The van der Waals surface area contributed by atoms with Crippen molar-refractivity contribution >= 4 is 29.1 Å². The Morgan fingerprint density at radius 2 is 1.88 bits per heavy atom. The van der Waals surface area contributed by atoms with Crippen LogP contribution in [0.5, 0.6) is 0 Å². The Morgan fingerprint density at radius 3 is 2.41 bits per heavy atom. The molecule has 0 aliphatic carbocycles. The number of carbonyl (C=O) groups excluding carboxylic acids is 1. The summed E-state index contributed by atoms with van der Waals surface area (Å²) in [6.07, 6.45) is 0. The van der Waals surface area contributed by atoms with E-state index in [1.54, 1.807) is 6.07 Å². The molecule has 2 N–H and O–H groups in total. The molecule has 0 fully saturated rings. The highest BCUT2D eigenvalue weighted by atomic mass is 35.5. The van der Waals surface area contributed by atoms with E-state index in [0.29, 0.717) is 23.1 Å². The fraction of sp³-hybridized carbons (Fsp3) is 0.417. The van der Waals surface area contributed by atoms with Crippen molar-refractivity contribution in [2.45, 2.75) is 26.4 Å². The van der Waals surface area contributed by atoms with Crippen LogP contribution in [0.1, 0.15) is 19.4 Å². The van der Waals surface area contributed by atoms with E-state index in [0.717, 1.165) is 5.56 Å². The Bertz CT molecular complexity index is 376. The van der Waals surface area contributed by atoms with E-state index in [-0.39, 0.29) is 11.9 Å². The van der Waals surface area contributed by atoms with Crippen molar-refractivity contribution in [2.24, 2.45) is 0 Å². The zero-order valence-electron chi connectivity index (χ0n) is 9.89. The molecule has 0 saturated heterocycles. The highest BCUT2D eigenvalue weighted by Crippen LogP contribution is 2.18. The zero-order valence-corrected chi connectivity index (χ0v) is 11.4. The predicted molar refractivity (Wildman–Crippen MR) is 71.4 cm³/mol. The fourth-order valence-electron chi connectivity index (χ4n) is 1.40. The molecule has 0 radical (unpaired) electrons. The van der Waals surface area contributed by atoms with Gasteiger partial charge in [0, 0.05) is 23.1 Å². The van der Waals surface area contributed by atoms with Gasteiger partial charge in [-0.1, -0.05) is 23.2 Å². The highest BCUT2D eigenvalue weighted by molar-refractivity contribution is 6.34. The third kappa shape index (κ3) is 4.94. The normalized spacial score (nSPS) is 12.2. The summed E-state index contributed by atoms with van der Waals surface area (Å²) in [4.78, 5) is 11.5. The van der Waals surface area contributed by atoms with Crippen molar-refractivity contribution in [3.05, 3.63) is 33.8 Å². The van der Waals surface area contributed by atoms with E-state index in [1.165, 1.54) is 0 Å². The van der Waals surface area contributed by atoms with Gasteiger partial charge >= 0.3 is 0 Å². The van der Waals surface area contributed by atoms with E-state index in [1.807, 2.05) is 26.0 Å². The lowest BCUT2D eigenvalue weighted by Gasteiger charge is -2.13. The molecule has 0 aliphatic rings. The van der Waals surface area contributed by atoms with Crippen molar-refractivity contribution in [3.63, 3.8) is 0 Å². The first kappa shape index (κ1) is 14.3. The number of halogens is 2. The molecule has 0 bridgehead atoms. The van der Waals surface area contributed by atoms with Gasteiger partial charge in [0.25, 0.3) is 0 Å². The third-order valence-corrected chi connectivity index (χ3v) is 2.72. The van der Waals surface area contributed by atoms with Gasteiger partial charge in [0.05, 0.1) is 6.04 Å². The van der Waals surface area contributed by atoms with Crippen LogP contribution in [0.3, 0.4) is 0 Å². The summed E-state index contributed by atoms with van der Waals surface area (Å²) in [5.74, 6) is -0.0133. The maximum atomic E-state index is 11.5. The molecule has 0 aliphatic heterocycles. The minimum absolute atomic E-state index is 0.0133. The number of rotatable bonds is 5. The zero-order chi connectivity index (χ0) is 12.8. The monoisotopic (exact) mass is 274 g/mol. The molecule has 1 aromatic carbocycles. The lowest BCUT2D eigenvalue weighted by Crippen LogP contribution is -2.41. The number of carbonyl (C=O) groups is 1. The van der Waals surface area contributed by atoms with Gasteiger partial charge in [-0.2, -0.15) is 0 Å². The van der Waals surface area contributed by atoms with Crippen LogP contribution in [0, 0.1) is 0 Å². The van der Waals surface area contributed by atoms with Gasteiger partial charge in [0.1, 0.15) is 0 Å². The minimum Gasteiger partial charge on any atom is -0.355 e. The van der Waals surface area contributed by atoms with Gasteiger partial charge in [-0.3, -0.25) is 4.79 Å². The highest BCUT2D eigenvalue weighted by Gasteiger charge is 2.10. The molecule has 1 amide bonds. The Hall–Kier alpha value is -0.770. The summed E-state index contributed by atoms with van der Waals surface area (Å²) >= 11 is 11.8. The first-order valence-electron chi connectivity index (χ1n) is 5.49. The Labute approximate surface area is 111 Å². The summed E-state index contributed by atoms with van der Waals surface area (Å²) in [6.45, 7) is 4.89. The molecular formula is C12H16Cl2N2O. The summed E-state index contributed by atoms with van der Waals surface area (Å²) in [5.41, 5.74) is 0.957. The quantitative estimate of drug-likeness (QED) is 0.867. The lowest BCUT2D eigenvalue weighted by molar-refractivity contribution is -0.122. The lowest BCUT2D eigenvalue weighted by atomic mass is 10.2. The second kappa shape index (κ2) is 6.84. The van der Waals surface area contributed by atoms with Crippen molar-refractivity contribution in [3.8, 4) is 0 Å². The van der Waals surface area contributed by atoms with E-state index in [2.05, 4.69) is 10.6 Å². The SMILES string of the molecule is CCNC(=O)C(C)NCc1cc(Cl)cc(Cl)c1.